The van der Waals surface area contributed by atoms with Crippen molar-refractivity contribution in [1.82, 2.24) is 0 Å². The maximum absolute atomic E-state index is 12.6. The Morgan fingerprint density at radius 1 is 0.697 bits per heavy atom. The monoisotopic (exact) mass is 498 g/mol. The number of hydrogen-bond acceptors (Lipinski definition) is 3. The minimum atomic E-state index is -0.0707. The lowest BCUT2D eigenvalue weighted by atomic mass is 10.1. The Morgan fingerprint density at radius 3 is 1.91 bits per heavy atom. The smallest absolute Gasteiger partial charge is 0.186 e. The Kier molecular flexibility index (Phi) is 7.72. The Morgan fingerprint density at radius 2 is 1.27 bits per heavy atom. The molecule has 4 rings (SSSR count). The molecule has 3 nitrogen and oxygen atoms in total. The van der Waals surface area contributed by atoms with Gasteiger partial charge in [0, 0.05) is 10.0 Å². The van der Waals surface area contributed by atoms with Crippen LogP contribution in [0.1, 0.15) is 27.0 Å². The molecule has 33 heavy (non-hydrogen) atoms. The molecule has 0 N–H and O–H groups in total. The van der Waals surface area contributed by atoms with Crippen LogP contribution >= 0.6 is 15.9 Å². The first-order valence-corrected chi connectivity index (χ1v) is 11.4. The topological polar surface area (TPSA) is 35.5 Å². The van der Waals surface area contributed by atoms with Gasteiger partial charge in [-0.05, 0) is 47.0 Å². The standard InChI is InChI=1S/C29H23BrO3/c30-26-14-8-7-13-25(26)27(31)17-15-22-16-18-28(32-20-23-9-3-1-4-10-23)29(19-22)33-21-24-11-5-2-6-12-24/h1-19H,20-21H2. The minimum absolute atomic E-state index is 0.0707. The van der Waals surface area contributed by atoms with E-state index in [1.807, 2.05) is 97.1 Å². The van der Waals surface area contributed by atoms with E-state index in [4.69, 9.17) is 9.47 Å². The largest absolute Gasteiger partial charge is 0.485 e. The first-order chi connectivity index (χ1) is 16.2. The van der Waals surface area contributed by atoms with Crippen LogP contribution < -0.4 is 9.47 Å². The molecule has 0 radical (unpaired) electrons. The van der Waals surface area contributed by atoms with Crippen LogP contribution in [0.2, 0.25) is 0 Å². The van der Waals surface area contributed by atoms with Gasteiger partial charge in [-0.15, -0.1) is 0 Å². The molecule has 0 heterocycles. The summed E-state index contributed by atoms with van der Waals surface area (Å²) in [6.45, 7) is 0.865. The molecule has 0 atom stereocenters. The molecule has 0 fully saturated rings. The highest BCUT2D eigenvalue weighted by Gasteiger charge is 2.09. The third-order valence-electron chi connectivity index (χ3n) is 5.01. The van der Waals surface area contributed by atoms with Crippen LogP contribution in [-0.2, 0) is 13.2 Å². The predicted octanol–water partition coefficient (Wildman–Crippen LogP) is 7.50. The Balaban J connectivity index is 1.53. The molecule has 0 saturated carbocycles. The third kappa shape index (κ3) is 6.43. The quantitative estimate of drug-likeness (QED) is 0.177. The molecule has 0 saturated heterocycles. The third-order valence-corrected chi connectivity index (χ3v) is 5.70. The van der Waals surface area contributed by atoms with Gasteiger partial charge in [-0.25, -0.2) is 0 Å². The minimum Gasteiger partial charge on any atom is -0.485 e. The molecule has 0 aliphatic rings. The van der Waals surface area contributed by atoms with E-state index in [-0.39, 0.29) is 5.78 Å². The molecular weight excluding hydrogens is 476 g/mol. The van der Waals surface area contributed by atoms with E-state index in [2.05, 4.69) is 15.9 Å². The van der Waals surface area contributed by atoms with Crippen molar-refractivity contribution in [1.29, 1.82) is 0 Å². The molecule has 4 aromatic carbocycles. The number of carbonyl (C=O) groups excluding carboxylic acids is 1. The first kappa shape index (κ1) is 22.6. The highest BCUT2D eigenvalue weighted by molar-refractivity contribution is 9.10. The van der Waals surface area contributed by atoms with Crippen LogP contribution in [0.3, 0.4) is 0 Å². The van der Waals surface area contributed by atoms with Crippen molar-refractivity contribution >= 4 is 27.8 Å². The van der Waals surface area contributed by atoms with Crippen molar-refractivity contribution < 1.29 is 14.3 Å². The van der Waals surface area contributed by atoms with Gasteiger partial charge < -0.3 is 9.47 Å². The zero-order valence-corrected chi connectivity index (χ0v) is 19.6. The number of benzene rings is 4. The lowest BCUT2D eigenvalue weighted by molar-refractivity contribution is 0.104. The van der Waals surface area contributed by atoms with Gasteiger partial charge in [-0.2, -0.15) is 0 Å². The van der Waals surface area contributed by atoms with Gasteiger partial charge in [-0.1, -0.05) is 101 Å². The fraction of sp³-hybridized carbons (Fsp3) is 0.0690. The molecule has 0 aromatic heterocycles. The molecule has 0 unspecified atom stereocenters. The van der Waals surface area contributed by atoms with E-state index in [1.54, 1.807) is 18.2 Å². The summed E-state index contributed by atoms with van der Waals surface area (Å²) < 4.78 is 12.9. The van der Waals surface area contributed by atoms with Crippen LogP contribution in [0.4, 0.5) is 0 Å². The van der Waals surface area contributed by atoms with Gasteiger partial charge in [-0.3, -0.25) is 4.79 Å². The number of allylic oxidation sites excluding steroid dienone is 1. The molecular formula is C29H23BrO3. The second-order valence-corrected chi connectivity index (χ2v) is 8.29. The van der Waals surface area contributed by atoms with Crippen molar-refractivity contribution in [2.75, 3.05) is 0 Å². The number of ketones is 1. The van der Waals surface area contributed by atoms with Crippen LogP contribution in [0.5, 0.6) is 11.5 Å². The van der Waals surface area contributed by atoms with Crippen LogP contribution in [0.25, 0.3) is 6.08 Å². The van der Waals surface area contributed by atoms with Gasteiger partial charge in [0.25, 0.3) is 0 Å². The summed E-state index contributed by atoms with van der Waals surface area (Å²) in [6, 6.07) is 33.1. The summed E-state index contributed by atoms with van der Waals surface area (Å²) >= 11 is 3.43. The maximum atomic E-state index is 12.6. The summed E-state index contributed by atoms with van der Waals surface area (Å²) in [5, 5.41) is 0. The van der Waals surface area contributed by atoms with Crippen molar-refractivity contribution in [3.8, 4) is 11.5 Å². The molecule has 4 aromatic rings. The lowest BCUT2D eigenvalue weighted by Crippen LogP contribution is -2.01. The number of carbonyl (C=O) groups is 1. The number of hydrogen-bond donors (Lipinski definition) is 0. The first-order valence-electron chi connectivity index (χ1n) is 10.6. The van der Waals surface area contributed by atoms with E-state index >= 15 is 0 Å². The normalized spacial score (nSPS) is 10.8. The predicted molar refractivity (Wildman–Crippen MR) is 135 cm³/mol. The maximum Gasteiger partial charge on any atom is 0.186 e. The van der Waals surface area contributed by atoms with Crippen LogP contribution in [-0.4, -0.2) is 5.78 Å². The second kappa shape index (κ2) is 11.3. The van der Waals surface area contributed by atoms with Gasteiger partial charge in [0.2, 0.25) is 0 Å². The van der Waals surface area contributed by atoms with E-state index in [1.165, 1.54) is 0 Å². The fourth-order valence-corrected chi connectivity index (χ4v) is 3.73. The molecule has 0 aliphatic carbocycles. The van der Waals surface area contributed by atoms with Crippen molar-refractivity contribution in [2.45, 2.75) is 13.2 Å². The number of ether oxygens (including phenoxy) is 2. The Hall–Kier alpha value is -3.63. The van der Waals surface area contributed by atoms with Gasteiger partial charge in [0.1, 0.15) is 13.2 Å². The Labute approximate surface area is 202 Å². The summed E-state index contributed by atoms with van der Waals surface area (Å²) in [7, 11) is 0. The number of rotatable bonds is 9. The molecule has 0 aliphatic heterocycles. The highest BCUT2D eigenvalue weighted by Crippen LogP contribution is 2.31. The SMILES string of the molecule is O=C(C=Cc1ccc(OCc2ccccc2)c(OCc2ccccc2)c1)c1ccccc1Br. The average Bonchev–Trinajstić information content (AvgIpc) is 2.87. The molecule has 0 spiro atoms. The second-order valence-electron chi connectivity index (χ2n) is 7.43. The average molecular weight is 499 g/mol. The zero-order chi connectivity index (χ0) is 22.9. The summed E-state index contributed by atoms with van der Waals surface area (Å²) in [5.41, 5.74) is 3.62. The van der Waals surface area contributed by atoms with Crippen molar-refractivity contribution in [3.63, 3.8) is 0 Å². The Bertz CT molecular complexity index is 1230. The molecule has 4 heteroatoms. The highest BCUT2D eigenvalue weighted by atomic mass is 79.9. The fourth-order valence-electron chi connectivity index (χ4n) is 3.25. The van der Waals surface area contributed by atoms with Crippen LogP contribution in [0, 0.1) is 0 Å². The van der Waals surface area contributed by atoms with E-state index < -0.39 is 0 Å². The van der Waals surface area contributed by atoms with Crippen LogP contribution in [0.15, 0.2) is 114 Å². The summed E-state index contributed by atoms with van der Waals surface area (Å²) in [4.78, 5) is 12.6. The van der Waals surface area contributed by atoms with E-state index in [9.17, 15) is 4.79 Å². The zero-order valence-electron chi connectivity index (χ0n) is 18.0. The summed E-state index contributed by atoms with van der Waals surface area (Å²) in [6.07, 6.45) is 3.36. The van der Waals surface area contributed by atoms with Gasteiger partial charge in [0.05, 0.1) is 0 Å². The number of halogens is 1. The lowest BCUT2D eigenvalue weighted by Gasteiger charge is -2.14. The van der Waals surface area contributed by atoms with Gasteiger partial charge >= 0.3 is 0 Å². The van der Waals surface area contributed by atoms with Crippen molar-refractivity contribution in [2.24, 2.45) is 0 Å². The van der Waals surface area contributed by atoms with Crippen molar-refractivity contribution in [3.05, 3.63) is 136 Å². The van der Waals surface area contributed by atoms with Gasteiger partial charge in [0.15, 0.2) is 17.3 Å². The van der Waals surface area contributed by atoms with E-state index in [0.717, 1.165) is 21.2 Å². The summed E-state index contributed by atoms with van der Waals surface area (Å²) in [5.74, 6) is 1.22. The molecule has 0 bridgehead atoms. The van der Waals surface area contributed by atoms with E-state index in [0.29, 0.717) is 30.3 Å². The molecule has 0 amide bonds. The molecule has 164 valence electrons.